The second kappa shape index (κ2) is 9.10. The normalized spacial score (nSPS) is 20.3. The topological polar surface area (TPSA) is 61.2 Å². The molecule has 0 saturated carbocycles. The number of carbonyl (C=O) groups is 1. The number of hydrogen-bond donors (Lipinski definition) is 0. The van der Waals surface area contributed by atoms with Crippen LogP contribution in [0.25, 0.3) is 11.7 Å². The zero-order chi connectivity index (χ0) is 22.1. The Bertz CT molecular complexity index is 1100. The molecule has 2 fully saturated rings. The molecule has 2 aromatic rings. The molecule has 2 saturated heterocycles. The molecule has 0 aromatic carbocycles. The predicted octanol–water partition coefficient (Wildman–Crippen LogP) is 2.84. The molecule has 164 valence electrons. The molecule has 31 heavy (non-hydrogen) atoms. The van der Waals surface area contributed by atoms with Crippen LogP contribution in [0, 0.1) is 0 Å². The number of fused-ring (bicyclic) bond motifs is 1. The quantitative estimate of drug-likeness (QED) is 0.505. The van der Waals surface area contributed by atoms with Crippen molar-refractivity contribution in [2.45, 2.75) is 33.2 Å². The first kappa shape index (κ1) is 22.0. The lowest BCUT2D eigenvalue weighted by Crippen LogP contribution is -2.47. The lowest BCUT2D eigenvalue weighted by molar-refractivity contribution is -0.123. The maximum absolute atomic E-state index is 13.4. The van der Waals surface area contributed by atoms with Crippen LogP contribution in [-0.2, 0) is 4.79 Å². The molecule has 0 radical (unpaired) electrons. The summed E-state index contributed by atoms with van der Waals surface area (Å²) in [5.41, 5.74) is 0.871. The van der Waals surface area contributed by atoms with E-state index in [4.69, 9.17) is 17.2 Å². The number of piperazine rings is 1. The highest BCUT2D eigenvalue weighted by molar-refractivity contribution is 8.26. The second-order valence-corrected chi connectivity index (χ2v) is 9.49. The minimum atomic E-state index is -0.174. The van der Waals surface area contributed by atoms with Crippen LogP contribution < -0.4 is 10.5 Å². The number of thiocarbonyl (C=S) groups is 1. The van der Waals surface area contributed by atoms with Gasteiger partial charge in [0.2, 0.25) is 0 Å². The minimum Gasteiger partial charge on any atom is -0.353 e. The van der Waals surface area contributed by atoms with Gasteiger partial charge in [-0.3, -0.25) is 18.9 Å². The van der Waals surface area contributed by atoms with Crippen molar-refractivity contribution in [1.29, 1.82) is 0 Å². The van der Waals surface area contributed by atoms with E-state index in [0.717, 1.165) is 39.1 Å². The number of amides is 1. The van der Waals surface area contributed by atoms with Crippen molar-refractivity contribution >= 4 is 51.7 Å². The summed E-state index contributed by atoms with van der Waals surface area (Å²) >= 11 is 6.72. The van der Waals surface area contributed by atoms with Crippen LogP contribution in [0.2, 0.25) is 0 Å². The van der Waals surface area contributed by atoms with Crippen LogP contribution in [0.1, 0.15) is 32.8 Å². The number of rotatable bonds is 5. The van der Waals surface area contributed by atoms with Crippen LogP contribution in [0.15, 0.2) is 34.1 Å². The van der Waals surface area contributed by atoms with E-state index in [1.165, 1.54) is 16.2 Å². The smallest absolute Gasteiger partial charge is 0.267 e. The van der Waals surface area contributed by atoms with Crippen LogP contribution in [-0.4, -0.2) is 68.2 Å². The van der Waals surface area contributed by atoms with Crippen LogP contribution in [0.4, 0.5) is 5.82 Å². The van der Waals surface area contributed by atoms with Crippen LogP contribution >= 0.6 is 24.0 Å². The number of hydrogen-bond acceptors (Lipinski definition) is 7. The van der Waals surface area contributed by atoms with Crippen molar-refractivity contribution in [3.05, 3.63) is 45.2 Å². The van der Waals surface area contributed by atoms with Gasteiger partial charge in [-0.15, -0.1) is 0 Å². The molecule has 0 N–H and O–H groups in total. The van der Waals surface area contributed by atoms with Gasteiger partial charge in [0, 0.05) is 38.4 Å². The Balaban J connectivity index is 1.80. The summed E-state index contributed by atoms with van der Waals surface area (Å²) in [7, 11) is 0. The Morgan fingerprint density at radius 3 is 2.61 bits per heavy atom. The SMILES string of the molecule is CCC(C)N1C(=O)/C(=C/c2c(N3CCN(CC)CC3)nc3ccccn3c2=O)SC1=S. The van der Waals surface area contributed by atoms with Gasteiger partial charge in [-0.1, -0.05) is 43.9 Å². The molecular formula is C22H27N5O2S2. The highest BCUT2D eigenvalue weighted by Gasteiger charge is 2.35. The summed E-state index contributed by atoms with van der Waals surface area (Å²) in [6.07, 6.45) is 4.22. The van der Waals surface area contributed by atoms with E-state index in [2.05, 4.69) is 16.7 Å². The first-order valence-corrected chi connectivity index (χ1v) is 11.9. The number of aromatic nitrogens is 2. The number of pyridine rings is 1. The van der Waals surface area contributed by atoms with Gasteiger partial charge in [0.15, 0.2) is 0 Å². The molecule has 1 unspecified atom stereocenters. The predicted molar refractivity (Wildman–Crippen MR) is 131 cm³/mol. The maximum atomic E-state index is 13.4. The van der Waals surface area contributed by atoms with Gasteiger partial charge >= 0.3 is 0 Å². The number of nitrogens with zero attached hydrogens (tertiary/aromatic N) is 5. The zero-order valence-electron chi connectivity index (χ0n) is 18.1. The van der Waals surface area contributed by atoms with Crippen molar-refractivity contribution in [3.63, 3.8) is 0 Å². The Kier molecular flexibility index (Phi) is 6.45. The third-order valence-electron chi connectivity index (χ3n) is 6.00. The van der Waals surface area contributed by atoms with Gasteiger partial charge in [-0.05, 0) is 38.1 Å². The molecule has 0 bridgehead atoms. The van der Waals surface area contributed by atoms with Crippen molar-refractivity contribution in [3.8, 4) is 0 Å². The summed E-state index contributed by atoms with van der Waals surface area (Å²) in [5, 5.41) is 0. The number of thioether (sulfide) groups is 1. The second-order valence-electron chi connectivity index (χ2n) is 7.81. The van der Waals surface area contributed by atoms with E-state index in [9.17, 15) is 9.59 Å². The van der Waals surface area contributed by atoms with Crippen LogP contribution in [0.3, 0.4) is 0 Å². The molecule has 2 aliphatic heterocycles. The van der Waals surface area contributed by atoms with E-state index >= 15 is 0 Å². The molecule has 4 rings (SSSR count). The molecular weight excluding hydrogens is 430 g/mol. The van der Waals surface area contributed by atoms with Crippen molar-refractivity contribution in [1.82, 2.24) is 19.2 Å². The third-order valence-corrected chi connectivity index (χ3v) is 7.33. The average Bonchev–Trinajstić information content (AvgIpc) is 3.08. The molecule has 1 amide bonds. The first-order chi connectivity index (χ1) is 14.9. The van der Waals surface area contributed by atoms with Gasteiger partial charge in [0.1, 0.15) is 15.8 Å². The largest absolute Gasteiger partial charge is 0.353 e. The fourth-order valence-corrected chi connectivity index (χ4v) is 5.35. The standard InChI is InChI=1S/C22H27N5O2S2/c1-4-15(3)27-21(29)17(31-22(27)30)14-16-19(25-12-10-24(5-2)11-13-25)23-18-8-6-7-9-26(18)20(16)28/h6-9,14-15H,4-5,10-13H2,1-3H3/b17-14-. The minimum absolute atomic E-state index is 0.0239. The van der Waals surface area contributed by atoms with Crippen molar-refractivity contribution in [2.24, 2.45) is 0 Å². The van der Waals surface area contributed by atoms with Gasteiger partial charge in [-0.2, -0.15) is 0 Å². The highest BCUT2D eigenvalue weighted by Crippen LogP contribution is 2.35. The molecule has 7 nitrogen and oxygen atoms in total. The fraction of sp³-hybridized carbons (Fsp3) is 0.455. The number of likely N-dealkylation sites (N-methyl/N-ethyl adjacent to an activating group) is 1. The molecule has 0 spiro atoms. The van der Waals surface area contributed by atoms with E-state index in [-0.39, 0.29) is 17.5 Å². The Labute approximate surface area is 191 Å². The third kappa shape index (κ3) is 4.14. The average molecular weight is 458 g/mol. The molecule has 2 aliphatic rings. The summed E-state index contributed by atoms with van der Waals surface area (Å²) < 4.78 is 2.07. The summed E-state index contributed by atoms with van der Waals surface area (Å²) in [4.78, 5) is 38.0. The summed E-state index contributed by atoms with van der Waals surface area (Å²) in [5.74, 6) is 0.504. The van der Waals surface area contributed by atoms with Crippen molar-refractivity contribution < 1.29 is 4.79 Å². The van der Waals surface area contributed by atoms with E-state index < -0.39 is 0 Å². The van der Waals surface area contributed by atoms with Gasteiger partial charge < -0.3 is 9.80 Å². The lowest BCUT2D eigenvalue weighted by Gasteiger charge is -2.35. The zero-order valence-corrected chi connectivity index (χ0v) is 19.7. The molecule has 4 heterocycles. The molecule has 9 heteroatoms. The first-order valence-electron chi connectivity index (χ1n) is 10.7. The number of carbonyl (C=O) groups excluding carboxylic acids is 1. The van der Waals surface area contributed by atoms with E-state index in [1.54, 1.807) is 17.2 Å². The highest BCUT2D eigenvalue weighted by atomic mass is 32.2. The number of anilines is 1. The Morgan fingerprint density at radius 1 is 1.19 bits per heavy atom. The van der Waals surface area contributed by atoms with Crippen LogP contribution in [0.5, 0.6) is 0 Å². The van der Waals surface area contributed by atoms with E-state index in [0.29, 0.717) is 26.3 Å². The van der Waals surface area contributed by atoms with E-state index in [1.807, 2.05) is 32.0 Å². The summed E-state index contributed by atoms with van der Waals surface area (Å²) in [6, 6.07) is 5.54. The molecule has 2 aromatic heterocycles. The molecule has 0 aliphatic carbocycles. The Hall–Kier alpha value is -2.23. The Morgan fingerprint density at radius 2 is 1.94 bits per heavy atom. The van der Waals surface area contributed by atoms with Crippen molar-refractivity contribution in [2.75, 3.05) is 37.6 Å². The fourth-order valence-electron chi connectivity index (χ4n) is 3.91. The van der Waals surface area contributed by atoms with Gasteiger partial charge in [0.25, 0.3) is 11.5 Å². The van der Waals surface area contributed by atoms with Gasteiger partial charge in [0.05, 0.1) is 10.5 Å². The monoisotopic (exact) mass is 457 g/mol. The van der Waals surface area contributed by atoms with Gasteiger partial charge in [-0.25, -0.2) is 4.98 Å². The lowest BCUT2D eigenvalue weighted by atomic mass is 10.2. The summed E-state index contributed by atoms with van der Waals surface area (Å²) in [6.45, 7) is 10.6. The maximum Gasteiger partial charge on any atom is 0.267 e. The molecule has 1 atom stereocenters.